The van der Waals surface area contributed by atoms with E-state index >= 15 is 0 Å². The van der Waals surface area contributed by atoms with Crippen molar-refractivity contribution in [2.24, 2.45) is 5.92 Å². The smallest absolute Gasteiger partial charge is 0.0168 e. The van der Waals surface area contributed by atoms with Crippen LogP contribution in [0.15, 0.2) is 12.7 Å². The Morgan fingerprint density at radius 3 is 2.35 bits per heavy atom. The second-order valence-corrected chi connectivity index (χ2v) is 6.58. The first kappa shape index (κ1) is 14.7. The molecule has 2 unspecified atom stereocenters. The highest BCUT2D eigenvalue weighted by molar-refractivity contribution is 4.96. The molecular formula is C15H30N2. The molecule has 1 rings (SSSR count). The van der Waals surface area contributed by atoms with Crippen molar-refractivity contribution in [1.29, 1.82) is 0 Å². The molecule has 1 saturated carbocycles. The van der Waals surface area contributed by atoms with Gasteiger partial charge in [-0.2, -0.15) is 0 Å². The molecule has 1 aliphatic carbocycles. The Kier molecular flexibility index (Phi) is 5.21. The molecule has 0 bridgehead atoms. The van der Waals surface area contributed by atoms with Crippen molar-refractivity contribution in [2.75, 3.05) is 13.1 Å². The van der Waals surface area contributed by atoms with Crippen molar-refractivity contribution >= 4 is 0 Å². The zero-order valence-electron chi connectivity index (χ0n) is 12.3. The largest absolute Gasteiger partial charge is 0.314 e. The Morgan fingerprint density at radius 2 is 2.00 bits per heavy atom. The molecular weight excluding hydrogens is 208 g/mol. The van der Waals surface area contributed by atoms with Crippen LogP contribution in [0.1, 0.15) is 47.5 Å². The minimum absolute atomic E-state index is 0.245. The summed E-state index contributed by atoms with van der Waals surface area (Å²) in [6.07, 6.45) is 4.75. The molecule has 0 amide bonds. The Balaban J connectivity index is 2.54. The van der Waals surface area contributed by atoms with Gasteiger partial charge in [-0.05, 0) is 46.1 Å². The number of hydrogen-bond donors (Lipinski definition) is 1. The maximum absolute atomic E-state index is 3.90. The molecule has 0 aromatic rings. The summed E-state index contributed by atoms with van der Waals surface area (Å²) in [6.45, 7) is 17.4. The van der Waals surface area contributed by atoms with Gasteiger partial charge < -0.3 is 5.32 Å². The Labute approximate surface area is 107 Å². The first-order chi connectivity index (χ1) is 7.86. The van der Waals surface area contributed by atoms with E-state index in [0.29, 0.717) is 6.04 Å². The maximum atomic E-state index is 3.90. The lowest BCUT2D eigenvalue weighted by Gasteiger charge is -2.50. The molecule has 0 aromatic heterocycles. The van der Waals surface area contributed by atoms with E-state index in [1.54, 1.807) is 0 Å². The van der Waals surface area contributed by atoms with Gasteiger partial charge in [0.15, 0.2) is 0 Å². The highest BCUT2D eigenvalue weighted by Gasteiger charge is 2.38. The first-order valence-electron chi connectivity index (χ1n) is 6.97. The van der Waals surface area contributed by atoms with Gasteiger partial charge in [0, 0.05) is 24.2 Å². The molecule has 100 valence electrons. The summed E-state index contributed by atoms with van der Waals surface area (Å²) in [6, 6.07) is 1.33. The Bertz CT molecular complexity index is 240. The summed E-state index contributed by atoms with van der Waals surface area (Å²) in [5.74, 6) is 0.816. The lowest BCUT2D eigenvalue weighted by Crippen LogP contribution is -2.57. The predicted molar refractivity (Wildman–Crippen MR) is 76.3 cm³/mol. The molecule has 1 fully saturated rings. The molecule has 0 aromatic carbocycles. The summed E-state index contributed by atoms with van der Waals surface area (Å²) in [5.41, 5.74) is 0.245. The predicted octanol–water partition coefficient (Wildman–Crippen LogP) is 3.05. The van der Waals surface area contributed by atoms with Crippen LogP contribution in [0.4, 0.5) is 0 Å². The monoisotopic (exact) mass is 238 g/mol. The van der Waals surface area contributed by atoms with Crippen LogP contribution >= 0.6 is 0 Å². The van der Waals surface area contributed by atoms with Crippen LogP contribution in [0.3, 0.4) is 0 Å². The second-order valence-electron chi connectivity index (χ2n) is 6.58. The van der Waals surface area contributed by atoms with E-state index in [2.05, 4.69) is 51.4 Å². The van der Waals surface area contributed by atoms with Crippen molar-refractivity contribution in [1.82, 2.24) is 10.2 Å². The van der Waals surface area contributed by atoms with Gasteiger partial charge in [0.25, 0.3) is 0 Å². The average molecular weight is 238 g/mol. The lowest BCUT2D eigenvalue weighted by molar-refractivity contribution is 0.00571. The normalized spacial score (nSPS) is 25.1. The van der Waals surface area contributed by atoms with Crippen LogP contribution in [0.25, 0.3) is 0 Å². The second kappa shape index (κ2) is 6.01. The minimum atomic E-state index is 0.245. The molecule has 2 nitrogen and oxygen atoms in total. The van der Waals surface area contributed by atoms with Crippen molar-refractivity contribution in [2.45, 2.75) is 65.1 Å². The summed E-state index contributed by atoms with van der Waals surface area (Å²) < 4.78 is 0. The van der Waals surface area contributed by atoms with Crippen LogP contribution in [-0.4, -0.2) is 35.6 Å². The number of rotatable bonds is 6. The maximum Gasteiger partial charge on any atom is 0.0168 e. The fourth-order valence-corrected chi connectivity index (χ4v) is 2.63. The van der Waals surface area contributed by atoms with E-state index < -0.39 is 0 Å². The molecule has 0 heterocycles. The third-order valence-corrected chi connectivity index (χ3v) is 3.75. The number of hydrogen-bond acceptors (Lipinski definition) is 2. The highest BCUT2D eigenvalue weighted by atomic mass is 15.2. The van der Waals surface area contributed by atoms with Crippen molar-refractivity contribution in [3.8, 4) is 0 Å². The van der Waals surface area contributed by atoms with Gasteiger partial charge in [-0.25, -0.2) is 0 Å². The van der Waals surface area contributed by atoms with Crippen molar-refractivity contribution < 1.29 is 0 Å². The van der Waals surface area contributed by atoms with Crippen molar-refractivity contribution in [3.05, 3.63) is 12.7 Å². The summed E-state index contributed by atoms with van der Waals surface area (Å²) >= 11 is 0. The van der Waals surface area contributed by atoms with Crippen molar-refractivity contribution in [3.63, 3.8) is 0 Å². The first-order valence-corrected chi connectivity index (χ1v) is 6.97. The van der Waals surface area contributed by atoms with E-state index in [1.165, 1.54) is 12.8 Å². The fourth-order valence-electron chi connectivity index (χ4n) is 2.63. The van der Waals surface area contributed by atoms with E-state index in [9.17, 15) is 0 Å². The van der Waals surface area contributed by atoms with Crippen LogP contribution in [0.2, 0.25) is 0 Å². The van der Waals surface area contributed by atoms with Gasteiger partial charge in [0.2, 0.25) is 0 Å². The van der Waals surface area contributed by atoms with Gasteiger partial charge >= 0.3 is 0 Å². The van der Waals surface area contributed by atoms with Gasteiger partial charge in [-0.3, -0.25) is 4.90 Å². The average Bonchev–Trinajstić information content (AvgIpc) is 2.13. The van der Waals surface area contributed by atoms with Crippen LogP contribution in [0.5, 0.6) is 0 Å². The van der Waals surface area contributed by atoms with E-state index in [0.717, 1.165) is 25.0 Å². The molecule has 2 heteroatoms. The van der Waals surface area contributed by atoms with Gasteiger partial charge in [-0.15, -0.1) is 6.58 Å². The van der Waals surface area contributed by atoms with Crippen LogP contribution in [-0.2, 0) is 0 Å². The molecule has 0 spiro atoms. The quantitative estimate of drug-likeness (QED) is 0.716. The zero-order valence-corrected chi connectivity index (χ0v) is 12.3. The molecule has 0 aliphatic heterocycles. The molecule has 17 heavy (non-hydrogen) atoms. The summed E-state index contributed by atoms with van der Waals surface area (Å²) in [4.78, 5) is 2.61. The fraction of sp³-hybridized carbons (Fsp3) is 0.867. The molecule has 0 saturated heterocycles. The molecule has 0 radical (unpaired) electrons. The topological polar surface area (TPSA) is 15.3 Å². The minimum Gasteiger partial charge on any atom is -0.314 e. The molecule has 1 aliphatic rings. The zero-order chi connectivity index (χ0) is 13.1. The molecule has 1 N–H and O–H groups in total. The van der Waals surface area contributed by atoms with E-state index in [4.69, 9.17) is 0 Å². The summed E-state index contributed by atoms with van der Waals surface area (Å²) in [5, 5.41) is 3.57. The Hall–Kier alpha value is -0.340. The van der Waals surface area contributed by atoms with Gasteiger partial charge in [0.05, 0.1) is 0 Å². The highest BCUT2D eigenvalue weighted by Crippen LogP contribution is 2.35. The van der Waals surface area contributed by atoms with Gasteiger partial charge in [0.1, 0.15) is 0 Å². The SMILES string of the molecule is C=CCN(C1CCC1CNC(C)C)C(C)(C)C. The van der Waals surface area contributed by atoms with E-state index in [1.807, 2.05) is 6.08 Å². The van der Waals surface area contributed by atoms with E-state index in [-0.39, 0.29) is 5.54 Å². The standard InChI is InChI=1S/C15H30N2/c1-7-10-17(15(4,5)6)14-9-8-13(14)11-16-12(2)3/h7,12-14,16H,1,8-11H2,2-6H3. The number of nitrogens with zero attached hydrogens (tertiary/aromatic N) is 1. The summed E-state index contributed by atoms with van der Waals surface area (Å²) in [7, 11) is 0. The Morgan fingerprint density at radius 1 is 1.35 bits per heavy atom. The molecule has 2 atom stereocenters. The lowest BCUT2D eigenvalue weighted by atomic mass is 9.76. The number of nitrogens with one attached hydrogen (secondary N) is 1. The van der Waals surface area contributed by atoms with Gasteiger partial charge in [-0.1, -0.05) is 19.9 Å². The third-order valence-electron chi connectivity index (χ3n) is 3.75. The third kappa shape index (κ3) is 4.11. The van der Waals surface area contributed by atoms with Crippen LogP contribution in [0, 0.1) is 5.92 Å². The van der Waals surface area contributed by atoms with Crippen LogP contribution < -0.4 is 5.32 Å².